The van der Waals surface area contributed by atoms with Crippen LogP contribution in [0, 0.1) is 11.6 Å². The SMILES string of the molecule is CC(C)(C)N(C(=O)O)[C@@H]1c2cccnc2[C@H](N2C(=O)c3ccccc3C2=O)CC[C@@H]1c1cccc(F)c1F. The highest BCUT2D eigenvalue weighted by atomic mass is 19.2. The van der Waals surface area contributed by atoms with Crippen molar-refractivity contribution in [2.45, 2.75) is 57.2 Å². The lowest BCUT2D eigenvalue weighted by atomic mass is 9.82. The van der Waals surface area contributed by atoms with Crippen LogP contribution in [0.1, 0.15) is 89.2 Å². The van der Waals surface area contributed by atoms with Crippen LogP contribution in [0.4, 0.5) is 13.6 Å². The molecule has 0 radical (unpaired) electrons. The Balaban J connectivity index is 1.73. The van der Waals surface area contributed by atoms with E-state index in [0.717, 1.165) is 6.07 Å². The minimum Gasteiger partial charge on any atom is -0.465 e. The summed E-state index contributed by atoms with van der Waals surface area (Å²) in [4.78, 5) is 46.5. The largest absolute Gasteiger partial charge is 0.465 e. The zero-order chi connectivity index (χ0) is 27.4. The Morgan fingerprint density at radius 3 is 2.18 bits per heavy atom. The molecular weight excluding hydrogens is 492 g/mol. The maximum Gasteiger partial charge on any atom is 0.408 e. The number of nitrogens with zero attached hydrogens (tertiary/aromatic N) is 3. The zero-order valence-corrected chi connectivity index (χ0v) is 21.2. The van der Waals surface area contributed by atoms with Crippen LogP contribution < -0.4 is 0 Å². The predicted molar refractivity (Wildman–Crippen MR) is 135 cm³/mol. The van der Waals surface area contributed by atoms with E-state index in [4.69, 9.17) is 0 Å². The summed E-state index contributed by atoms with van der Waals surface area (Å²) in [7, 11) is 0. The van der Waals surface area contributed by atoms with Crippen molar-refractivity contribution in [3.63, 3.8) is 0 Å². The molecule has 0 saturated carbocycles. The average molecular weight is 520 g/mol. The van der Waals surface area contributed by atoms with Crippen LogP contribution in [0.5, 0.6) is 0 Å². The Morgan fingerprint density at radius 1 is 0.947 bits per heavy atom. The Bertz CT molecular complexity index is 1420. The van der Waals surface area contributed by atoms with Crippen LogP contribution in [-0.4, -0.2) is 43.3 Å². The first kappa shape index (κ1) is 25.5. The average Bonchev–Trinajstić information content (AvgIpc) is 3.01. The van der Waals surface area contributed by atoms with Gasteiger partial charge < -0.3 is 5.11 Å². The van der Waals surface area contributed by atoms with Crippen molar-refractivity contribution < 1.29 is 28.3 Å². The molecular formula is C29H27F2N3O4. The van der Waals surface area contributed by atoms with Gasteiger partial charge in [-0.2, -0.15) is 0 Å². The Labute approximate surface area is 218 Å². The quantitative estimate of drug-likeness (QED) is 0.334. The number of carboxylic acid groups (broad SMARTS) is 1. The van der Waals surface area contributed by atoms with Crippen molar-refractivity contribution in [2.75, 3.05) is 0 Å². The number of rotatable bonds is 3. The normalized spacial score (nSPS) is 21.1. The summed E-state index contributed by atoms with van der Waals surface area (Å²) in [6.07, 6.45) is 0.633. The molecule has 0 bridgehead atoms. The monoisotopic (exact) mass is 519 g/mol. The third kappa shape index (κ3) is 4.02. The van der Waals surface area contributed by atoms with Gasteiger partial charge in [0.1, 0.15) is 0 Å². The Kier molecular flexibility index (Phi) is 6.25. The maximum absolute atomic E-state index is 15.3. The predicted octanol–water partition coefficient (Wildman–Crippen LogP) is 6.09. The molecule has 3 aromatic rings. The topological polar surface area (TPSA) is 90.8 Å². The highest BCUT2D eigenvalue weighted by molar-refractivity contribution is 6.21. The van der Waals surface area contributed by atoms with Gasteiger partial charge in [0.15, 0.2) is 11.6 Å². The van der Waals surface area contributed by atoms with Gasteiger partial charge in [-0.1, -0.05) is 30.3 Å². The summed E-state index contributed by atoms with van der Waals surface area (Å²) in [6.45, 7) is 5.17. The molecule has 5 rings (SSSR count). The first-order chi connectivity index (χ1) is 18.0. The van der Waals surface area contributed by atoms with Crippen LogP contribution in [0.25, 0.3) is 0 Å². The highest BCUT2D eigenvalue weighted by Gasteiger charge is 2.48. The van der Waals surface area contributed by atoms with Crippen molar-refractivity contribution >= 4 is 17.9 Å². The van der Waals surface area contributed by atoms with Gasteiger partial charge in [-0.05, 0) is 69.0 Å². The molecule has 3 amide bonds. The number of carbonyl (C=O) groups is 3. The third-order valence-corrected chi connectivity index (χ3v) is 7.36. The maximum atomic E-state index is 15.3. The second kappa shape index (κ2) is 9.31. The number of benzene rings is 2. The lowest BCUT2D eigenvalue weighted by molar-refractivity contribution is 0.0568. The zero-order valence-electron chi connectivity index (χ0n) is 21.2. The minimum absolute atomic E-state index is 0.0308. The first-order valence-corrected chi connectivity index (χ1v) is 12.4. The van der Waals surface area contributed by atoms with E-state index in [2.05, 4.69) is 4.98 Å². The number of amides is 3. The van der Waals surface area contributed by atoms with Crippen molar-refractivity contribution in [3.8, 4) is 0 Å². The molecule has 0 spiro atoms. The number of hydrogen-bond donors (Lipinski definition) is 1. The van der Waals surface area contributed by atoms with Gasteiger partial charge in [-0.25, -0.2) is 13.6 Å². The standard InChI is InChI=1S/C29H27F2N3O4/c1-29(2,3)34(28(37)38)25-17(16-10-6-12-21(30)23(16)31)13-14-22(24-20(25)11-7-15-32-24)33-26(35)18-8-4-5-9-19(18)27(33)36/h4-12,15,17,22,25H,13-14H2,1-3H3,(H,37,38)/t17-,22-,25+/m1/s1. The van der Waals surface area contributed by atoms with Gasteiger partial charge in [0.25, 0.3) is 11.8 Å². The van der Waals surface area contributed by atoms with Crippen LogP contribution in [0.3, 0.4) is 0 Å². The molecule has 2 aliphatic rings. The molecule has 1 aromatic heterocycles. The number of carbonyl (C=O) groups excluding carboxylic acids is 2. The van der Waals surface area contributed by atoms with Gasteiger partial charge in [0.05, 0.1) is 28.9 Å². The number of pyridine rings is 1. The molecule has 0 unspecified atom stereocenters. The molecule has 3 atom stereocenters. The number of aromatic nitrogens is 1. The van der Waals surface area contributed by atoms with Gasteiger partial charge in [-0.15, -0.1) is 0 Å². The first-order valence-electron chi connectivity index (χ1n) is 12.4. The van der Waals surface area contributed by atoms with Crippen molar-refractivity contribution in [1.29, 1.82) is 0 Å². The molecule has 7 nitrogen and oxygen atoms in total. The van der Waals surface area contributed by atoms with Crippen molar-refractivity contribution in [3.05, 3.63) is 100 Å². The van der Waals surface area contributed by atoms with E-state index < -0.39 is 53.1 Å². The van der Waals surface area contributed by atoms with Crippen LogP contribution in [0.2, 0.25) is 0 Å². The Hall–Kier alpha value is -4.14. The van der Waals surface area contributed by atoms with E-state index in [1.54, 1.807) is 57.2 Å². The van der Waals surface area contributed by atoms with Crippen molar-refractivity contribution in [2.24, 2.45) is 0 Å². The van der Waals surface area contributed by atoms with Crippen LogP contribution in [0.15, 0.2) is 60.8 Å². The van der Waals surface area contributed by atoms with Gasteiger partial charge in [0, 0.05) is 17.7 Å². The molecule has 196 valence electrons. The summed E-state index contributed by atoms with van der Waals surface area (Å²) in [5.74, 6) is -3.84. The summed E-state index contributed by atoms with van der Waals surface area (Å²) < 4.78 is 29.7. The van der Waals surface area contributed by atoms with Gasteiger partial charge in [0.2, 0.25) is 0 Å². The second-order valence-electron chi connectivity index (χ2n) is 10.6. The molecule has 1 aliphatic carbocycles. The lowest BCUT2D eigenvalue weighted by Crippen LogP contribution is -2.49. The van der Waals surface area contributed by atoms with E-state index in [1.807, 2.05) is 0 Å². The lowest BCUT2D eigenvalue weighted by Gasteiger charge is -2.43. The van der Waals surface area contributed by atoms with E-state index in [9.17, 15) is 23.9 Å². The second-order valence-corrected chi connectivity index (χ2v) is 10.6. The van der Waals surface area contributed by atoms with Crippen LogP contribution >= 0.6 is 0 Å². The minimum atomic E-state index is -1.24. The summed E-state index contributed by atoms with van der Waals surface area (Å²) in [5.41, 5.74) is 0.472. The third-order valence-electron chi connectivity index (χ3n) is 7.36. The van der Waals surface area contributed by atoms with E-state index in [-0.39, 0.29) is 29.5 Å². The number of halogens is 2. The fourth-order valence-corrected chi connectivity index (χ4v) is 5.82. The smallest absolute Gasteiger partial charge is 0.408 e. The molecule has 2 aromatic carbocycles. The van der Waals surface area contributed by atoms with Gasteiger partial charge in [-0.3, -0.25) is 24.4 Å². The van der Waals surface area contributed by atoms with E-state index >= 15 is 4.39 Å². The fraction of sp³-hybridized carbons (Fsp3) is 0.310. The summed E-state index contributed by atoms with van der Waals surface area (Å²) in [6, 6.07) is 11.9. The van der Waals surface area contributed by atoms with Crippen LogP contribution in [-0.2, 0) is 0 Å². The van der Waals surface area contributed by atoms with Gasteiger partial charge >= 0.3 is 6.09 Å². The van der Waals surface area contributed by atoms with Crippen molar-refractivity contribution in [1.82, 2.24) is 14.8 Å². The molecule has 2 heterocycles. The fourth-order valence-electron chi connectivity index (χ4n) is 5.82. The molecule has 38 heavy (non-hydrogen) atoms. The molecule has 0 fully saturated rings. The summed E-state index contributed by atoms with van der Waals surface area (Å²) >= 11 is 0. The Morgan fingerprint density at radius 2 is 1.58 bits per heavy atom. The highest BCUT2D eigenvalue weighted by Crippen LogP contribution is 2.50. The number of fused-ring (bicyclic) bond motifs is 2. The summed E-state index contributed by atoms with van der Waals surface area (Å²) in [5, 5.41) is 10.4. The molecule has 0 saturated heterocycles. The van der Waals surface area contributed by atoms with E-state index in [1.165, 1.54) is 28.1 Å². The molecule has 9 heteroatoms. The number of hydrogen-bond acceptors (Lipinski definition) is 4. The number of imide groups is 1. The molecule has 1 aliphatic heterocycles. The van der Waals surface area contributed by atoms with E-state index in [0.29, 0.717) is 11.3 Å². The molecule has 1 N–H and O–H groups in total.